The molecule has 118 valence electrons. The largest absolute Gasteiger partial charge is 0.360 e. The molecule has 0 unspecified atom stereocenters. The van der Waals surface area contributed by atoms with Crippen molar-refractivity contribution in [2.24, 2.45) is 0 Å². The van der Waals surface area contributed by atoms with E-state index in [0.717, 1.165) is 18.2 Å². The molecule has 0 aliphatic heterocycles. The van der Waals surface area contributed by atoms with Gasteiger partial charge < -0.3 is 9.84 Å². The average molecular weight is 347 g/mol. The van der Waals surface area contributed by atoms with Gasteiger partial charge in [0.1, 0.15) is 11.6 Å². The monoisotopic (exact) mass is 346 g/mol. The summed E-state index contributed by atoms with van der Waals surface area (Å²) < 4.78 is 41.9. The van der Waals surface area contributed by atoms with Crippen LogP contribution in [0.5, 0.6) is 0 Å². The van der Waals surface area contributed by atoms with Crippen molar-refractivity contribution in [3.05, 3.63) is 40.9 Å². The second-order valence-electron chi connectivity index (χ2n) is 4.52. The molecule has 0 saturated carbocycles. The first-order chi connectivity index (χ1) is 10.3. The summed E-state index contributed by atoms with van der Waals surface area (Å²) in [6, 6.07) is 4.60. The molecule has 0 bridgehead atoms. The zero-order chi connectivity index (χ0) is 16.3. The van der Waals surface area contributed by atoms with Gasteiger partial charge in [-0.25, -0.2) is 12.8 Å². The van der Waals surface area contributed by atoms with Crippen molar-refractivity contribution in [1.82, 2.24) is 5.16 Å². The van der Waals surface area contributed by atoms with E-state index in [2.05, 4.69) is 10.5 Å². The summed E-state index contributed by atoms with van der Waals surface area (Å²) in [6.07, 6.45) is -0.275. The number of aromatic nitrogens is 1. The molecule has 6 nitrogen and oxygen atoms in total. The lowest BCUT2D eigenvalue weighted by molar-refractivity contribution is -0.115. The first-order valence-corrected chi connectivity index (χ1v) is 8.22. The summed E-state index contributed by atoms with van der Waals surface area (Å²) in [6.45, 7) is 1.66. The lowest BCUT2D eigenvalue weighted by Gasteiger charge is -2.05. The summed E-state index contributed by atoms with van der Waals surface area (Å²) in [5.41, 5.74) is 0. The number of aryl methyl sites for hydroxylation is 1. The number of rotatable bonds is 5. The van der Waals surface area contributed by atoms with Crippen molar-refractivity contribution in [2.75, 3.05) is 11.1 Å². The van der Waals surface area contributed by atoms with Crippen LogP contribution in [-0.4, -0.2) is 25.2 Å². The van der Waals surface area contributed by atoms with Crippen LogP contribution in [0.3, 0.4) is 0 Å². The lowest BCUT2D eigenvalue weighted by atomic mass is 10.3. The Morgan fingerprint density at radius 1 is 1.41 bits per heavy atom. The summed E-state index contributed by atoms with van der Waals surface area (Å²) in [5.74, 6) is -0.934. The third kappa shape index (κ3) is 4.05. The number of halogens is 2. The minimum absolute atomic E-state index is 0.135. The van der Waals surface area contributed by atoms with E-state index in [9.17, 15) is 17.6 Å². The maximum Gasteiger partial charge on any atom is 0.226 e. The number of amides is 1. The molecule has 22 heavy (non-hydrogen) atoms. The van der Waals surface area contributed by atoms with E-state index in [-0.39, 0.29) is 22.2 Å². The highest BCUT2D eigenvalue weighted by Gasteiger charge is 2.18. The Kier molecular flexibility index (Phi) is 4.82. The fourth-order valence-electron chi connectivity index (χ4n) is 1.65. The third-order valence-corrected chi connectivity index (χ3v) is 4.75. The van der Waals surface area contributed by atoms with Gasteiger partial charge in [-0.15, -0.1) is 0 Å². The number of nitrogens with one attached hydrogen (secondary N) is 1. The molecule has 9 heteroatoms. The SMILES string of the molecule is Cc1cc(NC(=O)CCS(=O)(=O)c2ccc(F)c(Cl)c2)no1. The third-order valence-electron chi connectivity index (χ3n) is 2.74. The molecule has 1 aromatic heterocycles. The number of benzene rings is 1. The minimum atomic E-state index is -3.74. The molecule has 1 N–H and O–H groups in total. The molecule has 0 radical (unpaired) electrons. The Hall–Kier alpha value is -1.93. The van der Waals surface area contributed by atoms with Gasteiger partial charge in [-0.1, -0.05) is 16.8 Å². The maximum atomic E-state index is 13.0. The molecule has 2 rings (SSSR count). The number of carbonyl (C=O) groups excluding carboxylic acids is 1. The van der Waals surface area contributed by atoms with Crippen molar-refractivity contribution < 1.29 is 22.1 Å². The lowest BCUT2D eigenvalue weighted by Crippen LogP contribution is -2.17. The Labute approximate surface area is 131 Å². The summed E-state index contributed by atoms with van der Waals surface area (Å²) in [5, 5.41) is 5.69. The molecule has 2 aromatic rings. The van der Waals surface area contributed by atoms with Gasteiger partial charge in [0.25, 0.3) is 0 Å². The van der Waals surface area contributed by atoms with Gasteiger partial charge in [0.2, 0.25) is 5.91 Å². The van der Waals surface area contributed by atoms with Crippen molar-refractivity contribution >= 4 is 33.2 Å². The Balaban J connectivity index is 2.00. The normalized spacial score (nSPS) is 11.4. The van der Waals surface area contributed by atoms with Gasteiger partial charge in [0, 0.05) is 12.5 Å². The molecule has 1 aromatic carbocycles. The average Bonchev–Trinajstić information content (AvgIpc) is 2.85. The highest BCUT2D eigenvalue weighted by molar-refractivity contribution is 7.91. The van der Waals surface area contributed by atoms with E-state index in [1.165, 1.54) is 6.07 Å². The van der Waals surface area contributed by atoms with Gasteiger partial charge >= 0.3 is 0 Å². The van der Waals surface area contributed by atoms with Crippen LogP contribution in [0.25, 0.3) is 0 Å². The number of hydrogen-bond acceptors (Lipinski definition) is 5. The highest BCUT2D eigenvalue weighted by Crippen LogP contribution is 2.20. The number of hydrogen-bond donors (Lipinski definition) is 1. The first kappa shape index (κ1) is 16.4. The highest BCUT2D eigenvalue weighted by atomic mass is 35.5. The van der Waals surface area contributed by atoms with Gasteiger partial charge in [0.05, 0.1) is 15.7 Å². The molecule has 0 saturated heterocycles. The van der Waals surface area contributed by atoms with Gasteiger partial charge in [-0.3, -0.25) is 4.79 Å². The molecule has 0 atom stereocenters. The van der Waals surface area contributed by atoms with Crippen LogP contribution in [0.2, 0.25) is 5.02 Å². The number of anilines is 1. The maximum absolute atomic E-state index is 13.0. The standard InChI is InChI=1S/C13H12ClFN2O4S/c1-8-6-12(17-21-8)16-13(18)4-5-22(19,20)9-2-3-11(15)10(14)7-9/h2-3,6-7H,4-5H2,1H3,(H,16,17,18). The first-order valence-electron chi connectivity index (χ1n) is 6.19. The van der Waals surface area contributed by atoms with Crippen molar-refractivity contribution in [2.45, 2.75) is 18.2 Å². The second kappa shape index (κ2) is 6.45. The molecule has 0 fully saturated rings. The quantitative estimate of drug-likeness (QED) is 0.840. The van der Waals surface area contributed by atoms with Crippen molar-refractivity contribution in [3.8, 4) is 0 Å². The molecular formula is C13H12ClFN2O4S. The summed E-state index contributed by atoms with van der Waals surface area (Å²) in [7, 11) is -3.74. The number of carbonyl (C=O) groups is 1. The minimum Gasteiger partial charge on any atom is -0.360 e. The fraction of sp³-hybridized carbons (Fsp3) is 0.231. The van der Waals surface area contributed by atoms with E-state index in [4.69, 9.17) is 16.1 Å². The zero-order valence-corrected chi connectivity index (χ0v) is 13.0. The van der Waals surface area contributed by atoms with Crippen molar-refractivity contribution in [1.29, 1.82) is 0 Å². The Morgan fingerprint density at radius 2 is 2.14 bits per heavy atom. The fourth-order valence-corrected chi connectivity index (χ4v) is 3.15. The molecule has 1 amide bonds. The summed E-state index contributed by atoms with van der Waals surface area (Å²) >= 11 is 5.55. The van der Waals surface area contributed by atoms with Gasteiger partial charge in [0.15, 0.2) is 15.7 Å². The van der Waals surface area contributed by atoms with Crippen LogP contribution < -0.4 is 5.32 Å². The Morgan fingerprint density at radius 3 is 2.73 bits per heavy atom. The predicted octanol–water partition coefficient (Wildman–Crippen LogP) is 2.58. The smallest absolute Gasteiger partial charge is 0.226 e. The van der Waals surface area contributed by atoms with Crippen molar-refractivity contribution in [3.63, 3.8) is 0 Å². The number of sulfone groups is 1. The Bertz CT molecular complexity index is 804. The zero-order valence-electron chi connectivity index (χ0n) is 11.5. The predicted molar refractivity (Wildman–Crippen MR) is 77.9 cm³/mol. The van der Waals surface area contributed by atoms with Crippen LogP contribution in [0.4, 0.5) is 10.2 Å². The van der Waals surface area contributed by atoms with E-state index >= 15 is 0 Å². The molecular weight excluding hydrogens is 335 g/mol. The summed E-state index contributed by atoms with van der Waals surface area (Å²) in [4.78, 5) is 11.5. The van der Waals surface area contributed by atoms with Crippen LogP contribution in [0.1, 0.15) is 12.2 Å². The molecule has 0 aliphatic carbocycles. The van der Waals surface area contributed by atoms with E-state index < -0.39 is 27.3 Å². The van der Waals surface area contributed by atoms with E-state index in [1.54, 1.807) is 6.92 Å². The molecule has 1 heterocycles. The topological polar surface area (TPSA) is 89.3 Å². The van der Waals surface area contributed by atoms with Gasteiger partial charge in [-0.2, -0.15) is 0 Å². The van der Waals surface area contributed by atoms with Crippen LogP contribution in [0.15, 0.2) is 33.7 Å². The molecule has 0 aliphatic rings. The second-order valence-corrected chi connectivity index (χ2v) is 7.03. The van der Waals surface area contributed by atoms with Crippen LogP contribution >= 0.6 is 11.6 Å². The van der Waals surface area contributed by atoms with E-state index in [1.807, 2.05) is 0 Å². The van der Waals surface area contributed by atoms with Crippen LogP contribution in [0, 0.1) is 12.7 Å². The van der Waals surface area contributed by atoms with Crippen LogP contribution in [-0.2, 0) is 14.6 Å². The molecule has 0 spiro atoms. The number of nitrogens with zero attached hydrogens (tertiary/aromatic N) is 1. The van der Waals surface area contributed by atoms with E-state index in [0.29, 0.717) is 5.76 Å². The van der Waals surface area contributed by atoms with Gasteiger partial charge in [-0.05, 0) is 25.1 Å².